The van der Waals surface area contributed by atoms with Gasteiger partial charge in [0.1, 0.15) is 0 Å². The number of nitrogens with zero attached hydrogens (tertiary/aromatic N) is 3. The zero-order valence-corrected chi connectivity index (χ0v) is 11.8. The lowest BCUT2D eigenvalue weighted by Crippen LogP contribution is -2.44. The van der Waals surface area contributed by atoms with E-state index in [0.717, 1.165) is 31.1 Å². The molecule has 2 aromatic rings. The molecule has 0 saturated carbocycles. The van der Waals surface area contributed by atoms with Gasteiger partial charge in [-0.05, 0) is 25.0 Å². The first kappa shape index (κ1) is 13.1. The molecular formula is C14H16N4OS. The van der Waals surface area contributed by atoms with Gasteiger partial charge in [0, 0.05) is 43.1 Å². The fourth-order valence-corrected chi connectivity index (χ4v) is 3.05. The van der Waals surface area contributed by atoms with Crippen LogP contribution in [0.4, 0.5) is 5.13 Å². The topological polar surface area (TPSA) is 58.1 Å². The van der Waals surface area contributed by atoms with Crippen LogP contribution in [-0.2, 0) is 0 Å². The highest BCUT2D eigenvalue weighted by Gasteiger charge is 2.22. The van der Waals surface area contributed by atoms with Gasteiger partial charge in [0.05, 0.1) is 5.56 Å². The van der Waals surface area contributed by atoms with Gasteiger partial charge in [0.15, 0.2) is 5.13 Å². The van der Waals surface area contributed by atoms with Gasteiger partial charge < -0.3 is 10.2 Å². The molecule has 1 aliphatic heterocycles. The highest BCUT2D eigenvalue weighted by atomic mass is 32.1. The van der Waals surface area contributed by atoms with Crippen LogP contribution in [0.2, 0.25) is 0 Å². The van der Waals surface area contributed by atoms with E-state index < -0.39 is 0 Å². The van der Waals surface area contributed by atoms with Crippen LogP contribution in [0.1, 0.15) is 23.2 Å². The Balaban J connectivity index is 1.53. The van der Waals surface area contributed by atoms with Crippen molar-refractivity contribution in [2.45, 2.75) is 18.9 Å². The Kier molecular flexibility index (Phi) is 3.92. The molecule has 104 valence electrons. The number of pyridine rings is 1. The van der Waals surface area contributed by atoms with Crippen LogP contribution >= 0.6 is 11.3 Å². The van der Waals surface area contributed by atoms with E-state index in [1.807, 2.05) is 11.6 Å². The fourth-order valence-electron chi connectivity index (χ4n) is 2.35. The minimum absolute atomic E-state index is 0.0363. The van der Waals surface area contributed by atoms with Crippen LogP contribution in [0.15, 0.2) is 36.1 Å². The molecule has 0 radical (unpaired) electrons. The lowest BCUT2D eigenvalue weighted by molar-refractivity contribution is 0.0931. The van der Waals surface area contributed by atoms with Gasteiger partial charge in [0.25, 0.3) is 5.91 Å². The van der Waals surface area contributed by atoms with E-state index in [1.165, 1.54) is 0 Å². The molecule has 0 spiro atoms. The molecule has 6 heteroatoms. The third-order valence-electron chi connectivity index (χ3n) is 3.44. The van der Waals surface area contributed by atoms with Crippen molar-refractivity contribution in [3.05, 3.63) is 41.7 Å². The number of hydrogen-bond acceptors (Lipinski definition) is 5. The summed E-state index contributed by atoms with van der Waals surface area (Å²) >= 11 is 1.66. The zero-order chi connectivity index (χ0) is 13.8. The van der Waals surface area contributed by atoms with Gasteiger partial charge in [-0.15, -0.1) is 11.3 Å². The molecule has 2 aromatic heterocycles. The van der Waals surface area contributed by atoms with Gasteiger partial charge in [-0.25, -0.2) is 4.98 Å². The quantitative estimate of drug-likeness (QED) is 0.937. The van der Waals surface area contributed by atoms with Crippen molar-refractivity contribution in [3.8, 4) is 0 Å². The van der Waals surface area contributed by atoms with Crippen molar-refractivity contribution < 1.29 is 4.79 Å². The molecule has 0 atom stereocenters. The number of rotatable bonds is 3. The van der Waals surface area contributed by atoms with Crippen molar-refractivity contribution in [2.75, 3.05) is 18.0 Å². The maximum atomic E-state index is 12.0. The molecule has 1 saturated heterocycles. The first-order valence-electron chi connectivity index (χ1n) is 6.68. The van der Waals surface area contributed by atoms with E-state index in [4.69, 9.17) is 0 Å². The number of nitrogens with one attached hydrogen (secondary N) is 1. The standard InChI is InChI=1S/C14H16N4OS/c19-13(11-2-1-5-15-10-11)17-12-3-7-18(8-4-12)14-16-6-9-20-14/h1-2,5-6,9-10,12H,3-4,7-8H2,(H,17,19). The highest BCUT2D eigenvalue weighted by molar-refractivity contribution is 7.13. The van der Waals surface area contributed by atoms with E-state index in [0.29, 0.717) is 5.56 Å². The summed E-state index contributed by atoms with van der Waals surface area (Å²) in [7, 11) is 0. The summed E-state index contributed by atoms with van der Waals surface area (Å²) in [6.07, 6.45) is 7.00. The summed E-state index contributed by atoms with van der Waals surface area (Å²) in [5, 5.41) is 6.14. The average Bonchev–Trinajstić information content (AvgIpc) is 3.03. The van der Waals surface area contributed by atoms with Crippen molar-refractivity contribution in [1.29, 1.82) is 0 Å². The Morgan fingerprint density at radius 1 is 1.35 bits per heavy atom. The van der Waals surface area contributed by atoms with Crippen molar-refractivity contribution in [3.63, 3.8) is 0 Å². The molecule has 1 N–H and O–H groups in total. The molecule has 0 aromatic carbocycles. The molecule has 0 bridgehead atoms. The van der Waals surface area contributed by atoms with E-state index in [9.17, 15) is 4.79 Å². The SMILES string of the molecule is O=C(NC1CCN(c2nccs2)CC1)c1cccnc1. The van der Waals surface area contributed by atoms with Gasteiger partial charge in [0.2, 0.25) is 0 Å². The molecule has 1 aliphatic rings. The van der Waals surface area contributed by atoms with Gasteiger partial charge in [-0.1, -0.05) is 0 Å². The molecule has 20 heavy (non-hydrogen) atoms. The second-order valence-corrected chi connectivity index (χ2v) is 5.66. The lowest BCUT2D eigenvalue weighted by Gasteiger charge is -2.32. The first-order chi connectivity index (χ1) is 9.83. The number of thiazole rings is 1. The maximum absolute atomic E-state index is 12.0. The number of aromatic nitrogens is 2. The number of anilines is 1. The summed E-state index contributed by atoms with van der Waals surface area (Å²) in [5.41, 5.74) is 0.620. The lowest BCUT2D eigenvalue weighted by atomic mass is 10.1. The van der Waals surface area contributed by atoms with Crippen LogP contribution < -0.4 is 10.2 Å². The molecule has 0 unspecified atom stereocenters. The molecule has 3 rings (SSSR count). The Bertz CT molecular complexity index is 550. The van der Waals surface area contributed by atoms with Crippen LogP contribution in [0, 0.1) is 0 Å². The van der Waals surface area contributed by atoms with Crippen molar-refractivity contribution in [2.24, 2.45) is 0 Å². The molecule has 0 aliphatic carbocycles. The highest BCUT2D eigenvalue weighted by Crippen LogP contribution is 2.22. The summed E-state index contributed by atoms with van der Waals surface area (Å²) in [4.78, 5) is 22.6. The summed E-state index contributed by atoms with van der Waals surface area (Å²) in [6.45, 7) is 1.87. The average molecular weight is 288 g/mol. The van der Waals surface area contributed by atoms with E-state index >= 15 is 0 Å². The Morgan fingerprint density at radius 3 is 2.85 bits per heavy atom. The van der Waals surface area contributed by atoms with Crippen molar-refractivity contribution >= 4 is 22.4 Å². The largest absolute Gasteiger partial charge is 0.349 e. The Labute approximate surface area is 121 Å². The maximum Gasteiger partial charge on any atom is 0.253 e. The zero-order valence-electron chi connectivity index (χ0n) is 11.0. The van der Waals surface area contributed by atoms with E-state index in [1.54, 1.807) is 35.9 Å². The van der Waals surface area contributed by atoms with Crippen LogP contribution in [0.25, 0.3) is 0 Å². The minimum atomic E-state index is -0.0363. The Hall–Kier alpha value is -1.95. The van der Waals surface area contributed by atoms with Gasteiger partial charge in [-0.3, -0.25) is 9.78 Å². The summed E-state index contributed by atoms with van der Waals surface area (Å²) in [5.74, 6) is -0.0363. The first-order valence-corrected chi connectivity index (χ1v) is 7.56. The number of carbonyl (C=O) groups is 1. The van der Waals surface area contributed by atoms with Crippen LogP contribution in [0.3, 0.4) is 0 Å². The van der Waals surface area contributed by atoms with E-state index in [-0.39, 0.29) is 11.9 Å². The normalized spacial score (nSPS) is 16.1. The minimum Gasteiger partial charge on any atom is -0.349 e. The monoisotopic (exact) mass is 288 g/mol. The predicted octanol–water partition coefficient (Wildman–Crippen LogP) is 1.94. The molecule has 1 fully saturated rings. The molecule has 1 amide bonds. The third kappa shape index (κ3) is 2.96. The predicted molar refractivity (Wildman–Crippen MR) is 79.1 cm³/mol. The Morgan fingerprint density at radius 2 is 2.20 bits per heavy atom. The smallest absolute Gasteiger partial charge is 0.253 e. The summed E-state index contributed by atoms with van der Waals surface area (Å²) < 4.78 is 0. The van der Waals surface area contributed by atoms with Gasteiger partial charge in [-0.2, -0.15) is 0 Å². The van der Waals surface area contributed by atoms with Crippen molar-refractivity contribution in [1.82, 2.24) is 15.3 Å². The third-order valence-corrected chi connectivity index (χ3v) is 4.28. The number of hydrogen-bond donors (Lipinski definition) is 1. The van der Waals surface area contributed by atoms with E-state index in [2.05, 4.69) is 20.2 Å². The molecular weight excluding hydrogens is 272 g/mol. The second-order valence-electron chi connectivity index (χ2n) is 4.79. The molecule has 5 nitrogen and oxygen atoms in total. The van der Waals surface area contributed by atoms with Crippen LogP contribution in [-0.4, -0.2) is 35.0 Å². The second kappa shape index (κ2) is 6.00. The molecule has 3 heterocycles. The number of carbonyl (C=O) groups excluding carboxylic acids is 1. The fraction of sp³-hybridized carbons (Fsp3) is 0.357. The number of piperidine rings is 1. The number of amides is 1. The van der Waals surface area contributed by atoms with Gasteiger partial charge >= 0.3 is 0 Å². The summed E-state index contributed by atoms with van der Waals surface area (Å²) in [6, 6.07) is 3.80. The van der Waals surface area contributed by atoms with Crippen LogP contribution in [0.5, 0.6) is 0 Å².